The zero-order valence-electron chi connectivity index (χ0n) is 12.4. The molecular weight excluding hydrogens is 303 g/mol. The molecule has 0 spiro atoms. The summed E-state index contributed by atoms with van der Waals surface area (Å²) in [6, 6.07) is 0.985. The molecule has 0 unspecified atom stereocenters. The van der Waals surface area contributed by atoms with Crippen LogP contribution >= 0.6 is 0 Å². The first kappa shape index (κ1) is 18.1. The largest absolute Gasteiger partial charge is 0.478 e. The first-order valence-electron chi connectivity index (χ1n) is 6.91. The number of furan rings is 1. The molecule has 22 heavy (non-hydrogen) atoms. The maximum atomic E-state index is 12.6. The van der Waals surface area contributed by atoms with Crippen LogP contribution in [0.5, 0.6) is 0 Å². The third-order valence-electron chi connectivity index (χ3n) is 3.01. The topological polar surface area (TPSA) is 70.8 Å². The minimum atomic E-state index is -4.53. The average Bonchev–Trinajstić information content (AvgIpc) is 2.85. The monoisotopic (exact) mass is 321 g/mol. The molecule has 1 aromatic rings. The Bertz CT molecular complexity index is 537. The SMILES string of the molecule is CCCCN(CC(F)(F)F)C(=O)c1cc(C(=O)O)c(CC)o1. The molecule has 1 rings (SSSR count). The van der Waals surface area contributed by atoms with Crippen LogP contribution in [-0.4, -0.2) is 41.1 Å². The number of carbonyl (C=O) groups is 2. The van der Waals surface area contributed by atoms with Gasteiger partial charge in [0.05, 0.1) is 0 Å². The predicted molar refractivity (Wildman–Crippen MR) is 71.9 cm³/mol. The van der Waals surface area contributed by atoms with Crippen LogP contribution in [0.1, 0.15) is 53.4 Å². The van der Waals surface area contributed by atoms with E-state index in [1.165, 1.54) is 0 Å². The van der Waals surface area contributed by atoms with E-state index in [0.717, 1.165) is 6.07 Å². The number of hydrogen-bond donors (Lipinski definition) is 1. The van der Waals surface area contributed by atoms with Gasteiger partial charge in [-0.2, -0.15) is 13.2 Å². The number of unbranched alkanes of at least 4 members (excludes halogenated alkanes) is 1. The van der Waals surface area contributed by atoms with Crippen LogP contribution in [0.25, 0.3) is 0 Å². The van der Waals surface area contributed by atoms with Crippen molar-refractivity contribution < 1.29 is 32.3 Å². The molecule has 0 fully saturated rings. The highest BCUT2D eigenvalue weighted by Crippen LogP contribution is 2.22. The molecule has 0 bridgehead atoms. The van der Waals surface area contributed by atoms with Gasteiger partial charge in [0.25, 0.3) is 5.91 Å². The van der Waals surface area contributed by atoms with Gasteiger partial charge < -0.3 is 14.4 Å². The van der Waals surface area contributed by atoms with E-state index < -0.39 is 24.6 Å². The van der Waals surface area contributed by atoms with Crippen molar-refractivity contribution in [2.24, 2.45) is 0 Å². The van der Waals surface area contributed by atoms with Crippen LogP contribution in [-0.2, 0) is 6.42 Å². The fourth-order valence-electron chi connectivity index (χ4n) is 1.95. The fourth-order valence-corrected chi connectivity index (χ4v) is 1.95. The summed E-state index contributed by atoms with van der Waals surface area (Å²) >= 11 is 0. The van der Waals surface area contributed by atoms with Crippen molar-refractivity contribution in [1.82, 2.24) is 4.90 Å². The Balaban J connectivity index is 3.04. The molecule has 0 saturated carbocycles. The third kappa shape index (κ3) is 4.78. The Morgan fingerprint density at radius 3 is 2.36 bits per heavy atom. The molecule has 8 heteroatoms. The number of alkyl halides is 3. The predicted octanol–water partition coefficient (Wildman–Crippen LogP) is 3.34. The van der Waals surface area contributed by atoms with Gasteiger partial charge in [0.2, 0.25) is 0 Å². The number of aryl methyl sites for hydroxylation is 1. The zero-order chi connectivity index (χ0) is 16.9. The van der Waals surface area contributed by atoms with Crippen molar-refractivity contribution in [3.63, 3.8) is 0 Å². The number of nitrogens with zero attached hydrogens (tertiary/aromatic N) is 1. The molecule has 0 saturated heterocycles. The van der Waals surface area contributed by atoms with Crippen molar-refractivity contribution in [1.29, 1.82) is 0 Å². The minimum absolute atomic E-state index is 0.0679. The highest BCUT2D eigenvalue weighted by atomic mass is 19.4. The van der Waals surface area contributed by atoms with Gasteiger partial charge in [-0.05, 0) is 6.42 Å². The molecule has 5 nitrogen and oxygen atoms in total. The van der Waals surface area contributed by atoms with Gasteiger partial charge in [-0.1, -0.05) is 20.3 Å². The number of carboxylic acids is 1. The lowest BCUT2D eigenvalue weighted by molar-refractivity contribution is -0.141. The molecule has 124 valence electrons. The van der Waals surface area contributed by atoms with Gasteiger partial charge in [0.15, 0.2) is 5.76 Å². The Labute approximate surface area is 125 Å². The quantitative estimate of drug-likeness (QED) is 0.836. The molecule has 1 heterocycles. The number of aromatic carboxylic acids is 1. The molecule has 0 aromatic carbocycles. The lowest BCUT2D eigenvalue weighted by Crippen LogP contribution is -2.39. The third-order valence-corrected chi connectivity index (χ3v) is 3.01. The van der Waals surface area contributed by atoms with E-state index in [1.807, 2.05) is 0 Å². The number of carbonyl (C=O) groups excluding carboxylic acids is 1. The maximum Gasteiger partial charge on any atom is 0.406 e. The second-order valence-corrected chi connectivity index (χ2v) is 4.80. The molecule has 0 radical (unpaired) electrons. The van der Waals surface area contributed by atoms with Crippen LogP contribution in [0.3, 0.4) is 0 Å². The Morgan fingerprint density at radius 2 is 1.95 bits per heavy atom. The highest BCUT2D eigenvalue weighted by Gasteiger charge is 2.34. The van der Waals surface area contributed by atoms with Crippen molar-refractivity contribution in [3.05, 3.63) is 23.2 Å². The van der Waals surface area contributed by atoms with Crippen LogP contribution < -0.4 is 0 Å². The average molecular weight is 321 g/mol. The van der Waals surface area contributed by atoms with E-state index in [0.29, 0.717) is 17.7 Å². The highest BCUT2D eigenvalue weighted by molar-refractivity contribution is 5.96. The van der Waals surface area contributed by atoms with E-state index in [2.05, 4.69) is 0 Å². The first-order valence-corrected chi connectivity index (χ1v) is 6.91. The van der Waals surface area contributed by atoms with Gasteiger partial charge in [0, 0.05) is 19.0 Å². The number of amides is 1. The Hall–Kier alpha value is -1.99. The summed E-state index contributed by atoms with van der Waals surface area (Å²) in [7, 11) is 0. The second-order valence-electron chi connectivity index (χ2n) is 4.80. The number of hydrogen-bond acceptors (Lipinski definition) is 3. The first-order chi connectivity index (χ1) is 10.2. The lowest BCUT2D eigenvalue weighted by Gasteiger charge is -2.22. The van der Waals surface area contributed by atoms with Crippen LogP contribution in [0, 0.1) is 0 Å². The van der Waals surface area contributed by atoms with Crippen LogP contribution in [0.2, 0.25) is 0 Å². The number of rotatable bonds is 7. The van der Waals surface area contributed by atoms with Crippen LogP contribution in [0.15, 0.2) is 10.5 Å². The molecule has 0 aliphatic carbocycles. The Morgan fingerprint density at radius 1 is 1.32 bits per heavy atom. The summed E-state index contributed by atoms with van der Waals surface area (Å²) in [6.07, 6.45) is -3.27. The zero-order valence-corrected chi connectivity index (χ0v) is 12.4. The normalized spacial score (nSPS) is 11.5. The molecule has 0 aliphatic heterocycles. The van der Waals surface area contributed by atoms with Gasteiger partial charge in [-0.15, -0.1) is 0 Å². The Kier molecular flexibility index (Phi) is 6.01. The van der Waals surface area contributed by atoms with Crippen molar-refractivity contribution >= 4 is 11.9 Å². The summed E-state index contributed by atoms with van der Waals surface area (Å²) in [4.78, 5) is 23.8. The molecule has 1 N–H and O–H groups in total. The molecule has 1 amide bonds. The second kappa shape index (κ2) is 7.33. The standard InChI is InChI=1S/C14H18F3NO4/c1-3-5-6-18(8-14(15,16)17)12(19)11-7-9(13(20)21)10(4-2)22-11/h7H,3-6,8H2,1-2H3,(H,20,21). The van der Waals surface area contributed by atoms with Crippen molar-refractivity contribution in [3.8, 4) is 0 Å². The van der Waals surface area contributed by atoms with Gasteiger partial charge in [0.1, 0.15) is 17.9 Å². The summed E-state index contributed by atoms with van der Waals surface area (Å²) in [6.45, 7) is 1.96. The van der Waals surface area contributed by atoms with E-state index in [9.17, 15) is 22.8 Å². The van der Waals surface area contributed by atoms with E-state index in [-0.39, 0.29) is 30.0 Å². The van der Waals surface area contributed by atoms with Crippen molar-refractivity contribution in [2.45, 2.75) is 39.3 Å². The molecule has 0 atom stereocenters. The summed E-state index contributed by atoms with van der Waals surface area (Å²) in [5.41, 5.74) is -0.201. The van der Waals surface area contributed by atoms with Gasteiger partial charge in [-0.25, -0.2) is 4.79 Å². The van der Waals surface area contributed by atoms with Crippen molar-refractivity contribution in [2.75, 3.05) is 13.1 Å². The smallest absolute Gasteiger partial charge is 0.406 e. The molecule has 0 aliphatic rings. The molecule has 1 aromatic heterocycles. The van der Waals surface area contributed by atoms with Gasteiger partial charge >= 0.3 is 12.1 Å². The van der Waals surface area contributed by atoms with Gasteiger partial charge in [-0.3, -0.25) is 4.79 Å². The minimum Gasteiger partial charge on any atom is -0.478 e. The maximum absolute atomic E-state index is 12.6. The van der Waals surface area contributed by atoms with E-state index in [4.69, 9.17) is 9.52 Å². The summed E-state index contributed by atoms with van der Waals surface area (Å²) in [5, 5.41) is 8.99. The molecular formula is C14H18F3NO4. The fraction of sp³-hybridized carbons (Fsp3) is 0.571. The lowest BCUT2D eigenvalue weighted by atomic mass is 10.2. The van der Waals surface area contributed by atoms with E-state index >= 15 is 0 Å². The summed E-state index contributed by atoms with van der Waals surface area (Å²) < 4.78 is 42.8. The number of carboxylic acid groups (broad SMARTS) is 1. The van der Waals surface area contributed by atoms with Crippen LogP contribution in [0.4, 0.5) is 13.2 Å². The number of halogens is 3. The van der Waals surface area contributed by atoms with E-state index in [1.54, 1.807) is 13.8 Å². The summed E-state index contributed by atoms with van der Waals surface area (Å²) in [5.74, 6) is -2.54.